The minimum atomic E-state index is -0.469. The number of alkyl carbamates (subject to hydrolysis) is 1. The first-order valence-corrected chi connectivity index (χ1v) is 21.4. The number of rotatable bonds is 19. The molecule has 9 heteroatoms. The second-order valence-electron chi connectivity index (χ2n) is 19.1. The molecule has 3 unspecified atom stereocenters. The lowest BCUT2D eigenvalue weighted by molar-refractivity contribution is -0.0581. The minimum Gasteiger partial charge on any atom is -0.446 e. The molecule has 2 N–H and O–H groups in total. The van der Waals surface area contributed by atoms with Gasteiger partial charge in [0.2, 0.25) is 0 Å². The smallest absolute Gasteiger partial charge is 0.407 e. The monoisotopic (exact) mass is 738 g/mol. The van der Waals surface area contributed by atoms with Gasteiger partial charge < -0.3 is 30.1 Å². The van der Waals surface area contributed by atoms with Gasteiger partial charge >= 0.3 is 6.09 Å². The average Bonchev–Trinajstić information content (AvgIpc) is 3.45. The molecule has 300 valence electrons. The highest BCUT2D eigenvalue weighted by Gasteiger charge is 2.59. The van der Waals surface area contributed by atoms with Crippen molar-refractivity contribution in [2.75, 3.05) is 77.7 Å². The predicted molar refractivity (Wildman–Crippen MR) is 220 cm³/mol. The fourth-order valence-electron chi connectivity index (χ4n) is 11.6. The SMILES string of the molecule is CC(C)CCC[C@@H](C)[C@H]1CCC2C3CC=C4C[C@@H](OC(=O)NCCNc5c(N(CCCN(C)C)CCCN(C)C)c(=O)c5=O)CC[C@]4(C)C3CC[C@@]21C. The average molecular weight is 738 g/mol. The van der Waals surface area contributed by atoms with E-state index in [-0.39, 0.29) is 11.5 Å². The topological polar surface area (TPSA) is 94.2 Å². The van der Waals surface area contributed by atoms with Crippen molar-refractivity contribution in [2.45, 2.75) is 124 Å². The molecule has 3 saturated carbocycles. The Morgan fingerprint density at radius 3 is 2.21 bits per heavy atom. The van der Waals surface area contributed by atoms with Gasteiger partial charge in [-0.2, -0.15) is 0 Å². The largest absolute Gasteiger partial charge is 0.446 e. The van der Waals surface area contributed by atoms with Gasteiger partial charge in [0.15, 0.2) is 0 Å². The molecule has 0 heterocycles. The Labute approximate surface area is 321 Å². The molecule has 3 fully saturated rings. The Hall–Kier alpha value is -2.39. The van der Waals surface area contributed by atoms with Crippen molar-refractivity contribution in [3.63, 3.8) is 0 Å². The molecule has 53 heavy (non-hydrogen) atoms. The molecule has 0 radical (unpaired) electrons. The Bertz CT molecular complexity index is 1450. The van der Waals surface area contributed by atoms with Gasteiger partial charge in [-0.05, 0) is 145 Å². The molecule has 1 aromatic rings. The highest BCUT2D eigenvalue weighted by atomic mass is 16.6. The summed E-state index contributed by atoms with van der Waals surface area (Å²) in [6.07, 6.45) is 17.6. The Morgan fingerprint density at radius 1 is 0.849 bits per heavy atom. The normalized spacial score (nSPS) is 30.2. The van der Waals surface area contributed by atoms with E-state index in [1.165, 1.54) is 56.9 Å². The van der Waals surface area contributed by atoms with E-state index < -0.39 is 17.0 Å². The van der Waals surface area contributed by atoms with E-state index >= 15 is 0 Å². The summed E-state index contributed by atoms with van der Waals surface area (Å²) in [5.74, 6) is 4.89. The van der Waals surface area contributed by atoms with Crippen LogP contribution in [0.5, 0.6) is 0 Å². The molecule has 4 aliphatic rings. The van der Waals surface area contributed by atoms with Crippen molar-refractivity contribution in [1.29, 1.82) is 0 Å². The van der Waals surface area contributed by atoms with Crippen molar-refractivity contribution < 1.29 is 9.53 Å². The number of fused-ring (bicyclic) bond motifs is 5. The third kappa shape index (κ3) is 9.53. The number of anilines is 2. The lowest BCUT2D eigenvalue weighted by atomic mass is 9.47. The van der Waals surface area contributed by atoms with Crippen LogP contribution in [0.25, 0.3) is 0 Å². The zero-order valence-corrected chi connectivity index (χ0v) is 35.0. The summed E-state index contributed by atoms with van der Waals surface area (Å²) in [6.45, 7) is 16.4. The van der Waals surface area contributed by atoms with Gasteiger partial charge in [0.25, 0.3) is 10.9 Å². The standard InChI is InChI=1S/C44H75N5O4/c1-30(2)13-10-14-31(3)35-17-18-36-34-16-15-32-29-33(19-21-43(32,4)37(34)20-22-44(35,36)5)53-42(52)46-24-23-45-38-39(41(51)40(38)50)49(27-11-25-47(6)7)28-12-26-48(8)9/h15,30-31,33-37,45H,10-14,16-29H2,1-9H3,(H,46,52)/t31-,33+,34?,35-,36?,37?,43+,44-/m1/s1. The van der Waals surface area contributed by atoms with E-state index in [0.29, 0.717) is 43.0 Å². The second-order valence-corrected chi connectivity index (χ2v) is 19.1. The van der Waals surface area contributed by atoms with Crippen LogP contribution in [0.1, 0.15) is 118 Å². The van der Waals surface area contributed by atoms with Gasteiger partial charge in [0.05, 0.1) is 0 Å². The molecule has 5 rings (SSSR count). The van der Waals surface area contributed by atoms with E-state index in [1.54, 1.807) is 0 Å². The van der Waals surface area contributed by atoms with Crippen molar-refractivity contribution in [3.8, 4) is 0 Å². The summed E-state index contributed by atoms with van der Waals surface area (Å²) in [5.41, 5.74) is 2.22. The lowest BCUT2D eigenvalue weighted by Gasteiger charge is -2.58. The molecule has 0 aromatic heterocycles. The van der Waals surface area contributed by atoms with Crippen molar-refractivity contribution in [3.05, 3.63) is 32.1 Å². The maximum atomic E-state index is 13.0. The molecule has 0 aliphatic heterocycles. The van der Waals surface area contributed by atoms with Crippen LogP contribution in [0.2, 0.25) is 0 Å². The summed E-state index contributed by atoms with van der Waals surface area (Å²) in [4.78, 5) is 44.6. The van der Waals surface area contributed by atoms with Crippen LogP contribution in [0.3, 0.4) is 0 Å². The first-order valence-electron chi connectivity index (χ1n) is 21.4. The Balaban J connectivity index is 1.10. The van der Waals surface area contributed by atoms with Gasteiger partial charge in [-0.15, -0.1) is 0 Å². The predicted octanol–water partition coefficient (Wildman–Crippen LogP) is 7.54. The van der Waals surface area contributed by atoms with E-state index in [9.17, 15) is 14.4 Å². The number of ether oxygens (including phenoxy) is 1. The van der Waals surface area contributed by atoms with Crippen LogP contribution in [0, 0.1) is 46.3 Å². The van der Waals surface area contributed by atoms with E-state index in [4.69, 9.17) is 4.74 Å². The third-order valence-corrected chi connectivity index (χ3v) is 14.5. The molecule has 8 atom stereocenters. The number of nitrogens with zero attached hydrogens (tertiary/aromatic N) is 3. The summed E-state index contributed by atoms with van der Waals surface area (Å²) in [6, 6.07) is 0. The van der Waals surface area contributed by atoms with Crippen LogP contribution >= 0.6 is 0 Å². The fraction of sp³-hybridized carbons (Fsp3) is 0.841. The molecule has 0 bridgehead atoms. The number of amides is 1. The molecule has 4 aliphatic carbocycles. The number of allylic oxidation sites excluding steroid dienone is 1. The first-order chi connectivity index (χ1) is 25.2. The Kier molecular flexibility index (Phi) is 14.2. The van der Waals surface area contributed by atoms with Crippen LogP contribution in [-0.4, -0.2) is 89.5 Å². The van der Waals surface area contributed by atoms with Crippen molar-refractivity contribution >= 4 is 17.5 Å². The van der Waals surface area contributed by atoms with Gasteiger partial charge in [0.1, 0.15) is 17.5 Å². The van der Waals surface area contributed by atoms with Crippen molar-refractivity contribution in [1.82, 2.24) is 15.1 Å². The fourth-order valence-corrected chi connectivity index (χ4v) is 11.6. The first kappa shape index (κ1) is 41.8. The maximum absolute atomic E-state index is 13.0. The van der Waals surface area contributed by atoms with Crippen LogP contribution in [-0.2, 0) is 4.74 Å². The van der Waals surface area contributed by atoms with Gasteiger partial charge in [0, 0.05) is 32.6 Å². The summed E-state index contributed by atoms with van der Waals surface area (Å²) >= 11 is 0. The molecule has 9 nitrogen and oxygen atoms in total. The van der Waals surface area contributed by atoms with Crippen molar-refractivity contribution in [2.24, 2.45) is 46.3 Å². The Morgan fingerprint density at radius 2 is 1.55 bits per heavy atom. The van der Waals surface area contributed by atoms with Gasteiger partial charge in [-0.1, -0.05) is 65.5 Å². The number of carbonyl (C=O) groups excluding carboxylic acids is 1. The van der Waals surface area contributed by atoms with E-state index in [0.717, 1.165) is 80.7 Å². The third-order valence-electron chi connectivity index (χ3n) is 14.5. The number of carbonyl (C=O) groups is 1. The summed E-state index contributed by atoms with van der Waals surface area (Å²) in [7, 11) is 8.16. The van der Waals surface area contributed by atoms with Gasteiger partial charge in [-0.25, -0.2) is 4.79 Å². The molecule has 0 spiro atoms. The second kappa shape index (κ2) is 18.0. The molecule has 0 saturated heterocycles. The van der Waals surface area contributed by atoms with E-state index in [2.05, 4.69) is 66.0 Å². The number of hydrogen-bond donors (Lipinski definition) is 2. The zero-order valence-electron chi connectivity index (χ0n) is 35.0. The minimum absolute atomic E-state index is 0.103. The lowest BCUT2D eigenvalue weighted by Crippen LogP contribution is -2.51. The summed E-state index contributed by atoms with van der Waals surface area (Å²) < 4.78 is 6.00. The van der Waals surface area contributed by atoms with E-state index in [1.807, 2.05) is 28.2 Å². The number of hydrogen-bond acceptors (Lipinski definition) is 8. The molecular weight excluding hydrogens is 663 g/mol. The van der Waals surface area contributed by atoms with Crippen LogP contribution < -0.4 is 26.4 Å². The molecule has 1 amide bonds. The number of nitrogens with one attached hydrogen (secondary N) is 2. The highest BCUT2D eigenvalue weighted by Crippen LogP contribution is 2.67. The summed E-state index contributed by atoms with van der Waals surface area (Å²) in [5, 5.41) is 6.06. The molecule has 1 aromatic carbocycles. The maximum Gasteiger partial charge on any atom is 0.407 e. The zero-order chi connectivity index (χ0) is 38.5. The van der Waals surface area contributed by atoms with Crippen LogP contribution in [0.15, 0.2) is 21.2 Å². The highest BCUT2D eigenvalue weighted by molar-refractivity contribution is 5.75. The quantitative estimate of drug-likeness (QED) is 0.0855. The van der Waals surface area contributed by atoms with Gasteiger partial charge in [-0.3, -0.25) is 9.59 Å². The van der Waals surface area contributed by atoms with Crippen LogP contribution in [0.4, 0.5) is 16.2 Å². The molecular formula is C44H75N5O4.